The Kier molecular flexibility index (Phi) is 3.65. The van der Waals surface area contributed by atoms with Crippen molar-refractivity contribution in [1.82, 2.24) is 9.78 Å². The number of halogens is 3. The van der Waals surface area contributed by atoms with Crippen LogP contribution in [0.5, 0.6) is 0 Å². The molecule has 0 radical (unpaired) electrons. The van der Waals surface area contributed by atoms with Gasteiger partial charge in [0.1, 0.15) is 10.8 Å². The highest BCUT2D eigenvalue weighted by Crippen LogP contribution is 2.32. The number of rotatable bonds is 2. The van der Waals surface area contributed by atoms with Gasteiger partial charge in [-0.2, -0.15) is 5.10 Å². The molecule has 0 aliphatic rings. The minimum atomic E-state index is -1.05. The zero-order valence-corrected chi connectivity index (χ0v) is 12.0. The molecule has 20 heavy (non-hydrogen) atoms. The lowest BCUT2D eigenvalue weighted by Gasteiger charge is -2.20. The Balaban J connectivity index is 2.75. The number of aldehydes is 1. The van der Waals surface area contributed by atoms with E-state index in [-0.39, 0.29) is 22.0 Å². The smallest absolute Gasteiger partial charge is 0.168 e. The van der Waals surface area contributed by atoms with Crippen molar-refractivity contribution >= 4 is 17.9 Å². The van der Waals surface area contributed by atoms with Crippen LogP contribution in [0, 0.1) is 11.6 Å². The second kappa shape index (κ2) is 4.98. The predicted molar refractivity (Wildman–Crippen MR) is 73.0 cm³/mol. The molecule has 3 nitrogen and oxygen atoms in total. The van der Waals surface area contributed by atoms with E-state index in [4.69, 9.17) is 11.6 Å². The van der Waals surface area contributed by atoms with Crippen LogP contribution in [0.1, 0.15) is 31.1 Å². The highest BCUT2D eigenvalue weighted by Gasteiger charge is 2.26. The Hall–Kier alpha value is -1.75. The van der Waals surface area contributed by atoms with Gasteiger partial charge >= 0.3 is 0 Å². The SMILES string of the molecule is CC(C)(C)n1nc(-c2cccc(F)c2F)c(C=O)c1Cl. The summed E-state index contributed by atoms with van der Waals surface area (Å²) in [5.41, 5.74) is -0.489. The van der Waals surface area contributed by atoms with Crippen LogP contribution in [-0.4, -0.2) is 16.1 Å². The summed E-state index contributed by atoms with van der Waals surface area (Å²) in [6, 6.07) is 3.71. The third kappa shape index (κ3) is 2.33. The molecule has 1 aromatic carbocycles. The third-order valence-corrected chi connectivity index (χ3v) is 3.19. The molecule has 0 aliphatic carbocycles. The lowest BCUT2D eigenvalue weighted by Crippen LogP contribution is -2.23. The Morgan fingerprint density at radius 3 is 2.50 bits per heavy atom. The zero-order valence-electron chi connectivity index (χ0n) is 11.2. The molecule has 106 valence electrons. The second-order valence-electron chi connectivity index (χ2n) is 5.35. The molecule has 1 aromatic heterocycles. The predicted octanol–water partition coefficient (Wildman–Crippen LogP) is 4.05. The Labute approximate surface area is 120 Å². The third-order valence-electron chi connectivity index (χ3n) is 2.82. The molecule has 0 saturated heterocycles. The standard InChI is InChI=1S/C14H13ClF2N2O/c1-14(2,3)19-13(15)9(7-20)12(18-19)8-5-4-6-10(16)11(8)17/h4-7H,1-3H3. The van der Waals surface area contributed by atoms with Crippen LogP contribution in [0.15, 0.2) is 18.2 Å². The van der Waals surface area contributed by atoms with Crippen LogP contribution in [0.2, 0.25) is 5.15 Å². The number of carbonyl (C=O) groups excluding carboxylic acids is 1. The Morgan fingerprint density at radius 1 is 1.30 bits per heavy atom. The van der Waals surface area contributed by atoms with Gasteiger partial charge < -0.3 is 0 Å². The number of hydrogen-bond donors (Lipinski definition) is 0. The largest absolute Gasteiger partial charge is 0.298 e. The maximum absolute atomic E-state index is 13.9. The number of nitrogens with zero attached hydrogens (tertiary/aromatic N) is 2. The summed E-state index contributed by atoms with van der Waals surface area (Å²) in [5, 5.41) is 4.27. The summed E-state index contributed by atoms with van der Waals surface area (Å²) in [6.07, 6.45) is 0.497. The summed E-state index contributed by atoms with van der Waals surface area (Å²) in [5.74, 6) is -2.05. The van der Waals surface area contributed by atoms with Gasteiger partial charge in [0.05, 0.1) is 11.1 Å². The molecule has 2 aromatic rings. The normalized spacial score (nSPS) is 11.7. The van der Waals surface area contributed by atoms with Crippen LogP contribution < -0.4 is 0 Å². The molecule has 1 heterocycles. The Bertz CT molecular complexity index is 675. The average molecular weight is 299 g/mol. The van der Waals surface area contributed by atoms with Gasteiger partial charge in [0.15, 0.2) is 17.9 Å². The first-order chi connectivity index (χ1) is 9.27. The second-order valence-corrected chi connectivity index (χ2v) is 5.71. The van der Waals surface area contributed by atoms with Crippen molar-refractivity contribution in [3.8, 4) is 11.3 Å². The van der Waals surface area contributed by atoms with Crippen LogP contribution in [0.4, 0.5) is 8.78 Å². The Morgan fingerprint density at radius 2 is 1.95 bits per heavy atom. The molecule has 6 heteroatoms. The summed E-state index contributed by atoms with van der Waals surface area (Å²) < 4.78 is 28.6. The molecule has 0 N–H and O–H groups in total. The van der Waals surface area contributed by atoms with Crippen molar-refractivity contribution in [3.05, 3.63) is 40.6 Å². The molecule has 0 fully saturated rings. The van der Waals surface area contributed by atoms with Crippen molar-refractivity contribution in [2.75, 3.05) is 0 Å². The lowest BCUT2D eigenvalue weighted by molar-refractivity contribution is 0.112. The maximum atomic E-state index is 13.9. The zero-order chi connectivity index (χ0) is 15.1. The number of hydrogen-bond acceptors (Lipinski definition) is 2. The van der Waals surface area contributed by atoms with Crippen LogP contribution in [0.25, 0.3) is 11.3 Å². The van der Waals surface area contributed by atoms with Gasteiger partial charge in [-0.05, 0) is 32.9 Å². The first-order valence-corrected chi connectivity index (χ1v) is 6.33. The summed E-state index contributed by atoms with van der Waals surface area (Å²) in [6.45, 7) is 5.52. The summed E-state index contributed by atoms with van der Waals surface area (Å²) in [4.78, 5) is 11.2. The maximum Gasteiger partial charge on any atom is 0.168 e. The van der Waals surface area contributed by atoms with Crippen LogP contribution in [0.3, 0.4) is 0 Å². The molecular formula is C14H13ClF2N2O. The van der Waals surface area contributed by atoms with Gasteiger partial charge in [0.2, 0.25) is 0 Å². The van der Waals surface area contributed by atoms with Crippen LogP contribution in [-0.2, 0) is 5.54 Å². The average Bonchev–Trinajstić information content (AvgIpc) is 2.69. The van der Waals surface area contributed by atoms with Gasteiger partial charge in [-0.3, -0.25) is 4.79 Å². The van der Waals surface area contributed by atoms with Crippen LogP contribution >= 0.6 is 11.6 Å². The highest BCUT2D eigenvalue weighted by molar-refractivity contribution is 6.32. The molecule has 0 amide bonds. The molecule has 0 bridgehead atoms. The fourth-order valence-corrected chi connectivity index (χ4v) is 2.27. The molecule has 0 spiro atoms. The van der Waals surface area contributed by atoms with Crippen molar-refractivity contribution < 1.29 is 13.6 Å². The van der Waals surface area contributed by atoms with Crippen molar-refractivity contribution in [1.29, 1.82) is 0 Å². The van der Waals surface area contributed by atoms with E-state index in [1.165, 1.54) is 16.8 Å². The molecule has 0 saturated carbocycles. The molecule has 0 atom stereocenters. The first-order valence-electron chi connectivity index (χ1n) is 5.96. The molecule has 2 rings (SSSR count). The van der Waals surface area contributed by atoms with E-state index < -0.39 is 17.2 Å². The summed E-state index contributed by atoms with van der Waals surface area (Å²) in [7, 11) is 0. The van der Waals surface area contributed by atoms with Gasteiger partial charge in [0.25, 0.3) is 0 Å². The fourth-order valence-electron chi connectivity index (χ4n) is 1.84. The summed E-state index contributed by atoms with van der Waals surface area (Å²) >= 11 is 6.11. The van der Waals surface area contributed by atoms with Gasteiger partial charge in [-0.1, -0.05) is 17.7 Å². The first kappa shape index (κ1) is 14.7. The van der Waals surface area contributed by atoms with E-state index in [1.54, 1.807) is 0 Å². The van der Waals surface area contributed by atoms with Crippen molar-refractivity contribution in [3.63, 3.8) is 0 Å². The minimum absolute atomic E-state index is 0.0388. The van der Waals surface area contributed by atoms with Gasteiger partial charge in [-0.25, -0.2) is 13.5 Å². The minimum Gasteiger partial charge on any atom is -0.298 e. The monoisotopic (exact) mass is 298 g/mol. The van der Waals surface area contributed by atoms with E-state index in [0.717, 1.165) is 6.07 Å². The van der Waals surface area contributed by atoms with E-state index in [2.05, 4.69) is 5.10 Å². The fraction of sp³-hybridized carbons (Fsp3) is 0.286. The van der Waals surface area contributed by atoms with Crippen molar-refractivity contribution in [2.45, 2.75) is 26.3 Å². The highest BCUT2D eigenvalue weighted by atomic mass is 35.5. The van der Waals surface area contributed by atoms with E-state index in [0.29, 0.717) is 6.29 Å². The van der Waals surface area contributed by atoms with Gasteiger partial charge in [0, 0.05) is 5.56 Å². The topological polar surface area (TPSA) is 34.9 Å². The van der Waals surface area contributed by atoms with Crippen molar-refractivity contribution in [2.24, 2.45) is 0 Å². The quantitative estimate of drug-likeness (QED) is 0.784. The molecular weight excluding hydrogens is 286 g/mol. The number of carbonyl (C=O) groups is 1. The van der Waals surface area contributed by atoms with E-state index in [9.17, 15) is 13.6 Å². The van der Waals surface area contributed by atoms with Gasteiger partial charge in [-0.15, -0.1) is 0 Å². The lowest BCUT2D eigenvalue weighted by atomic mass is 10.1. The molecule has 0 aliphatic heterocycles. The molecule has 0 unspecified atom stereocenters. The van der Waals surface area contributed by atoms with E-state index in [1.807, 2.05) is 20.8 Å². The number of aromatic nitrogens is 2. The number of benzene rings is 1. The van der Waals surface area contributed by atoms with E-state index >= 15 is 0 Å².